The number of nitrogens with zero attached hydrogens (tertiary/aromatic N) is 4. The lowest BCUT2D eigenvalue weighted by Gasteiger charge is -2.18. The first-order valence-corrected chi connectivity index (χ1v) is 9.95. The van der Waals surface area contributed by atoms with Crippen LogP contribution in [0.5, 0.6) is 0 Å². The van der Waals surface area contributed by atoms with Crippen LogP contribution in [-0.4, -0.2) is 25.2 Å². The third-order valence-corrected chi connectivity index (χ3v) is 5.64. The number of carbonyl (C=O) groups excluding carboxylic acids is 1. The van der Waals surface area contributed by atoms with Gasteiger partial charge in [0.25, 0.3) is 5.91 Å². The van der Waals surface area contributed by atoms with Crippen molar-refractivity contribution >= 4 is 17.5 Å². The summed E-state index contributed by atoms with van der Waals surface area (Å²) in [7, 11) is 0. The van der Waals surface area contributed by atoms with E-state index in [4.69, 9.17) is 16.7 Å². The van der Waals surface area contributed by atoms with E-state index in [2.05, 4.69) is 0 Å². The monoisotopic (exact) mass is 420 g/mol. The van der Waals surface area contributed by atoms with E-state index in [-0.39, 0.29) is 10.6 Å². The van der Waals surface area contributed by atoms with Crippen molar-refractivity contribution < 1.29 is 9.18 Å². The first-order valence-electron chi connectivity index (χ1n) is 9.57. The van der Waals surface area contributed by atoms with Gasteiger partial charge >= 0.3 is 0 Å². The van der Waals surface area contributed by atoms with Gasteiger partial charge in [0, 0.05) is 18.0 Å². The predicted molar refractivity (Wildman–Crippen MR) is 113 cm³/mol. The first-order chi connectivity index (χ1) is 14.5. The summed E-state index contributed by atoms with van der Waals surface area (Å²) < 4.78 is 18.1. The molecule has 4 aromatic rings. The van der Waals surface area contributed by atoms with Gasteiger partial charge in [0.1, 0.15) is 11.6 Å². The molecule has 0 N–H and O–H groups in total. The van der Waals surface area contributed by atoms with E-state index >= 15 is 0 Å². The topological polar surface area (TPSA) is 43.1 Å². The normalized spacial score (nSPS) is 13.0. The molecule has 1 amide bonds. The van der Waals surface area contributed by atoms with Crippen molar-refractivity contribution in [3.8, 4) is 11.5 Å². The molecule has 3 heterocycles. The molecule has 0 unspecified atom stereocenters. The number of hydrogen-bond acceptors (Lipinski definition) is 2. The molecule has 0 aliphatic carbocycles. The minimum atomic E-state index is -0.618. The summed E-state index contributed by atoms with van der Waals surface area (Å²) in [5.74, 6) is -0.183. The van der Waals surface area contributed by atoms with Gasteiger partial charge in [-0.3, -0.25) is 4.79 Å². The van der Waals surface area contributed by atoms with Gasteiger partial charge < -0.3 is 9.47 Å². The Morgan fingerprint density at radius 2 is 1.77 bits per heavy atom. The van der Waals surface area contributed by atoms with Crippen molar-refractivity contribution in [3.05, 3.63) is 100 Å². The number of fused-ring (bicyclic) bond motifs is 1. The van der Waals surface area contributed by atoms with Gasteiger partial charge in [-0.05, 0) is 43.3 Å². The number of hydrogen-bond donors (Lipinski definition) is 0. The highest BCUT2D eigenvalue weighted by Crippen LogP contribution is 2.32. The van der Waals surface area contributed by atoms with Crippen molar-refractivity contribution in [2.45, 2.75) is 20.0 Å². The van der Waals surface area contributed by atoms with Gasteiger partial charge in [0.15, 0.2) is 0 Å². The summed E-state index contributed by atoms with van der Waals surface area (Å²) in [6.07, 6.45) is 3.89. The summed E-state index contributed by atoms with van der Waals surface area (Å²) in [6.45, 7) is 2.67. The van der Waals surface area contributed by atoms with E-state index in [1.807, 2.05) is 65.0 Å². The Morgan fingerprint density at radius 3 is 2.47 bits per heavy atom. The van der Waals surface area contributed by atoms with Crippen LogP contribution in [0.15, 0.2) is 67.0 Å². The largest absolute Gasteiger partial charge is 0.328 e. The van der Waals surface area contributed by atoms with Crippen LogP contribution in [0.25, 0.3) is 11.5 Å². The number of carbonyl (C=O) groups is 1. The van der Waals surface area contributed by atoms with Crippen molar-refractivity contribution in [2.75, 3.05) is 0 Å². The average molecular weight is 421 g/mol. The Kier molecular flexibility index (Phi) is 4.44. The molecule has 2 aromatic carbocycles. The molecule has 5 rings (SSSR count). The lowest BCUT2D eigenvalue weighted by atomic mass is 10.2. The Morgan fingerprint density at radius 1 is 1.03 bits per heavy atom. The fourth-order valence-electron chi connectivity index (χ4n) is 3.81. The summed E-state index contributed by atoms with van der Waals surface area (Å²) in [5, 5.41) is 4.90. The maximum Gasteiger partial charge on any atom is 0.259 e. The maximum atomic E-state index is 14.3. The second-order valence-electron chi connectivity index (χ2n) is 7.34. The zero-order valence-electron chi connectivity index (χ0n) is 16.2. The lowest BCUT2D eigenvalue weighted by Crippen LogP contribution is -2.27. The molecular formula is C23H18ClFN4O. The molecule has 0 saturated carbocycles. The molecule has 2 aromatic heterocycles. The third kappa shape index (κ3) is 3.00. The van der Waals surface area contributed by atoms with E-state index in [1.165, 1.54) is 23.8 Å². The standard InChI is InChI=1S/C23H18ClFN4O/c1-15-7-9-16(10-8-15)29-22(27-11-2-3-12-27)17-13-28(14-20(17)26-29)23(30)21-18(24)5-4-6-19(21)25/h2-12H,13-14H2,1H3. The van der Waals surface area contributed by atoms with Crippen molar-refractivity contribution in [1.29, 1.82) is 0 Å². The molecule has 30 heavy (non-hydrogen) atoms. The number of amides is 1. The smallest absolute Gasteiger partial charge is 0.259 e. The van der Waals surface area contributed by atoms with Crippen molar-refractivity contribution in [3.63, 3.8) is 0 Å². The van der Waals surface area contributed by atoms with Gasteiger partial charge in [-0.2, -0.15) is 5.10 Å². The van der Waals surface area contributed by atoms with Crippen LogP contribution in [0.2, 0.25) is 5.02 Å². The Labute approximate surface area is 177 Å². The Bertz CT molecular complexity index is 1220. The Hall–Kier alpha value is -3.38. The van der Waals surface area contributed by atoms with Crippen LogP contribution < -0.4 is 0 Å². The molecule has 0 radical (unpaired) electrons. The molecule has 150 valence electrons. The second-order valence-corrected chi connectivity index (χ2v) is 7.75. The van der Waals surface area contributed by atoms with E-state index in [1.54, 1.807) is 4.90 Å². The quantitative estimate of drug-likeness (QED) is 0.472. The average Bonchev–Trinajstić information content (AvgIpc) is 3.44. The number of halogens is 2. The summed E-state index contributed by atoms with van der Waals surface area (Å²) in [6, 6.07) is 16.3. The highest BCUT2D eigenvalue weighted by molar-refractivity contribution is 6.33. The maximum absolute atomic E-state index is 14.3. The second kappa shape index (κ2) is 7.15. The third-order valence-electron chi connectivity index (χ3n) is 5.32. The van der Waals surface area contributed by atoms with E-state index in [0.717, 1.165) is 22.8 Å². The zero-order valence-corrected chi connectivity index (χ0v) is 17.0. The molecule has 0 fully saturated rings. The first kappa shape index (κ1) is 18.6. The van der Waals surface area contributed by atoms with Crippen LogP contribution in [0.4, 0.5) is 4.39 Å². The molecule has 0 bridgehead atoms. The minimum Gasteiger partial charge on any atom is -0.328 e. The fourth-order valence-corrected chi connectivity index (χ4v) is 4.06. The highest BCUT2D eigenvalue weighted by atomic mass is 35.5. The molecule has 7 heteroatoms. The van der Waals surface area contributed by atoms with Crippen LogP contribution in [0, 0.1) is 12.7 Å². The number of benzene rings is 2. The number of rotatable bonds is 3. The lowest BCUT2D eigenvalue weighted by molar-refractivity contribution is 0.0744. The minimum absolute atomic E-state index is 0.0988. The summed E-state index contributed by atoms with van der Waals surface area (Å²) >= 11 is 6.11. The number of aryl methyl sites for hydroxylation is 1. The van der Waals surface area contributed by atoms with Gasteiger partial charge in [-0.15, -0.1) is 0 Å². The molecule has 1 aliphatic heterocycles. The number of aromatic nitrogens is 3. The molecular weight excluding hydrogens is 403 g/mol. The van der Waals surface area contributed by atoms with Gasteiger partial charge in [0.2, 0.25) is 0 Å². The predicted octanol–water partition coefficient (Wildman–Crippen LogP) is 4.92. The van der Waals surface area contributed by atoms with E-state index < -0.39 is 11.7 Å². The molecule has 0 saturated heterocycles. The molecule has 5 nitrogen and oxygen atoms in total. The molecule has 0 atom stereocenters. The van der Waals surface area contributed by atoms with Crippen LogP contribution >= 0.6 is 11.6 Å². The van der Waals surface area contributed by atoms with Crippen molar-refractivity contribution in [2.24, 2.45) is 0 Å². The van der Waals surface area contributed by atoms with Crippen LogP contribution in [-0.2, 0) is 13.1 Å². The van der Waals surface area contributed by atoms with Gasteiger partial charge in [-0.25, -0.2) is 9.07 Å². The highest BCUT2D eigenvalue weighted by Gasteiger charge is 2.33. The molecule has 1 aliphatic rings. The van der Waals surface area contributed by atoms with Crippen molar-refractivity contribution in [1.82, 2.24) is 19.2 Å². The molecule has 0 spiro atoms. The van der Waals surface area contributed by atoms with E-state index in [9.17, 15) is 9.18 Å². The van der Waals surface area contributed by atoms with Crippen LogP contribution in [0.1, 0.15) is 27.2 Å². The summed E-state index contributed by atoms with van der Waals surface area (Å²) in [4.78, 5) is 14.6. The van der Waals surface area contributed by atoms with Gasteiger partial charge in [0.05, 0.1) is 35.1 Å². The zero-order chi connectivity index (χ0) is 20.8. The fraction of sp³-hybridized carbons (Fsp3) is 0.130. The SMILES string of the molecule is Cc1ccc(-n2nc3c(c2-n2cccc2)CN(C(=O)c2c(F)cccc2Cl)C3)cc1. The van der Waals surface area contributed by atoms with Crippen LogP contribution in [0.3, 0.4) is 0 Å². The van der Waals surface area contributed by atoms with Gasteiger partial charge in [-0.1, -0.05) is 35.4 Å². The van der Waals surface area contributed by atoms with E-state index in [0.29, 0.717) is 13.1 Å². The Balaban J connectivity index is 1.56. The summed E-state index contributed by atoms with van der Waals surface area (Å²) in [5.41, 5.74) is 3.74.